The molecule has 1 amide bonds. The fourth-order valence-electron chi connectivity index (χ4n) is 2.88. The van der Waals surface area contributed by atoms with E-state index in [-0.39, 0.29) is 12.1 Å². The normalized spacial score (nSPS) is 21.7. The zero-order valence-electron chi connectivity index (χ0n) is 9.93. The van der Waals surface area contributed by atoms with Crippen molar-refractivity contribution in [3.8, 4) is 5.75 Å². The van der Waals surface area contributed by atoms with Crippen LogP contribution < -0.4 is 4.74 Å². The molecule has 1 fully saturated rings. The minimum atomic E-state index is -0.0498. The number of fused-ring (bicyclic) bond motifs is 3. The van der Waals surface area contributed by atoms with Crippen molar-refractivity contribution in [3.63, 3.8) is 0 Å². The molecule has 2 aliphatic rings. The summed E-state index contributed by atoms with van der Waals surface area (Å²) in [4.78, 5) is 14.2. The quantitative estimate of drug-likeness (QED) is 0.707. The van der Waals surface area contributed by atoms with Gasteiger partial charge < -0.3 is 9.64 Å². The molecule has 18 heavy (non-hydrogen) atoms. The first-order chi connectivity index (χ1) is 8.83. The maximum Gasteiger partial charge on any atom is 0.260 e. The average Bonchev–Trinajstić information content (AvgIpc) is 2.86. The molecule has 3 nitrogen and oxygen atoms in total. The Hall–Kier alpha value is -2.03. The van der Waals surface area contributed by atoms with Crippen LogP contribution in [0.15, 0.2) is 36.4 Å². The molecule has 3 heteroatoms. The molecule has 2 heterocycles. The van der Waals surface area contributed by atoms with Crippen LogP contribution in [-0.4, -0.2) is 23.6 Å². The number of ether oxygens (including phenoxy) is 1. The third-order valence-electron chi connectivity index (χ3n) is 3.80. The fraction of sp³-hybridized carbons (Fsp3) is 0.267. The first kappa shape index (κ1) is 9.95. The zero-order valence-corrected chi connectivity index (χ0v) is 9.93. The average molecular weight is 239 g/mol. The van der Waals surface area contributed by atoms with E-state index in [1.54, 1.807) is 0 Å². The number of carbonyl (C=O) groups excluding carboxylic acids is 1. The van der Waals surface area contributed by atoms with Crippen LogP contribution in [0.1, 0.15) is 23.2 Å². The highest BCUT2D eigenvalue weighted by atomic mass is 16.5. The van der Waals surface area contributed by atoms with Gasteiger partial charge in [-0.2, -0.15) is 0 Å². The third-order valence-corrected chi connectivity index (χ3v) is 3.80. The van der Waals surface area contributed by atoms with E-state index in [9.17, 15) is 4.79 Å². The first-order valence-corrected chi connectivity index (χ1v) is 6.33. The molecule has 1 atom stereocenters. The summed E-state index contributed by atoms with van der Waals surface area (Å²) in [6.07, 6.45) is 1.92. The lowest BCUT2D eigenvalue weighted by atomic mass is 10.0. The number of rotatable bonds is 0. The largest absolute Gasteiger partial charge is 0.470 e. The molecule has 2 aliphatic heterocycles. The number of amides is 1. The monoisotopic (exact) mass is 239 g/mol. The summed E-state index contributed by atoms with van der Waals surface area (Å²) < 4.78 is 5.94. The summed E-state index contributed by atoms with van der Waals surface area (Å²) in [5, 5.41) is 2.21. The first-order valence-electron chi connectivity index (χ1n) is 6.33. The second-order valence-electron chi connectivity index (χ2n) is 4.91. The van der Waals surface area contributed by atoms with E-state index in [1.165, 1.54) is 0 Å². The summed E-state index contributed by atoms with van der Waals surface area (Å²) in [7, 11) is 0. The Morgan fingerprint density at radius 2 is 1.94 bits per heavy atom. The fourth-order valence-corrected chi connectivity index (χ4v) is 2.88. The smallest absolute Gasteiger partial charge is 0.260 e. The molecule has 0 spiro atoms. The summed E-state index contributed by atoms with van der Waals surface area (Å²) in [5.74, 6) is 0.853. The molecule has 0 bridgehead atoms. The number of nitrogens with zero attached hydrogens (tertiary/aromatic N) is 1. The van der Waals surface area contributed by atoms with Crippen LogP contribution in [0.5, 0.6) is 5.75 Å². The lowest BCUT2D eigenvalue weighted by Gasteiger charge is -2.31. The summed E-state index contributed by atoms with van der Waals surface area (Å²) in [5.41, 5.74) is 0.701. The minimum absolute atomic E-state index is 0.0498. The van der Waals surface area contributed by atoms with Gasteiger partial charge >= 0.3 is 0 Å². The molecular formula is C15H13NO2. The molecule has 0 radical (unpaired) electrons. The highest BCUT2D eigenvalue weighted by Crippen LogP contribution is 2.35. The van der Waals surface area contributed by atoms with Crippen molar-refractivity contribution in [2.75, 3.05) is 6.54 Å². The van der Waals surface area contributed by atoms with Gasteiger partial charge in [0.15, 0.2) is 6.23 Å². The summed E-state index contributed by atoms with van der Waals surface area (Å²) in [6.45, 7) is 0.815. The van der Waals surface area contributed by atoms with Crippen LogP contribution in [0.25, 0.3) is 10.8 Å². The third kappa shape index (κ3) is 1.27. The number of hydrogen-bond donors (Lipinski definition) is 0. The lowest BCUT2D eigenvalue weighted by Crippen LogP contribution is -2.42. The molecule has 0 aromatic heterocycles. The van der Waals surface area contributed by atoms with Crippen LogP contribution in [0, 0.1) is 0 Å². The Kier molecular flexibility index (Phi) is 1.92. The standard InChI is InChI=1S/C15H13NO2/c17-15-12-8-10-4-1-2-5-11(10)9-13(12)18-14-6-3-7-16(14)15/h1-2,4-5,8-9,14H,3,6-7H2. The van der Waals surface area contributed by atoms with E-state index in [0.29, 0.717) is 5.56 Å². The maximum atomic E-state index is 12.4. The Bertz CT molecular complexity index is 650. The van der Waals surface area contributed by atoms with Gasteiger partial charge in [-0.15, -0.1) is 0 Å². The highest BCUT2D eigenvalue weighted by molar-refractivity contribution is 6.02. The molecule has 0 N–H and O–H groups in total. The van der Waals surface area contributed by atoms with Crippen molar-refractivity contribution in [2.45, 2.75) is 19.1 Å². The van der Waals surface area contributed by atoms with Crippen molar-refractivity contribution in [1.29, 1.82) is 0 Å². The predicted octanol–water partition coefficient (Wildman–Crippen LogP) is 2.79. The van der Waals surface area contributed by atoms with E-state index in [0.717, 1.165) is 35.9 Å². The molecular weight excluding hydrogens is 226 g/mol. The zero-order chi connectivity index (χ0) is 12.1. The molecule has 90 valence electrons. The molecule has 1 unspecified atom stereocenters. The van der Waals surface area contributed by atoms with Gasteiger partial charge in [-0.1, -0.05) is 24.3 Å². The van der Waals surface area contributed by atoms with E-state index in [2.05, 4.69) is 0 Å². The van der Waals surface area contributed by atoms with Crippen LogP contribution >= 0.6 is 0 Å². The van der Waals surface area contributed by atoms with Gasteiger partial charge in [-0.3, -0.25) is 4.79 Å². The Morgan fingerprint density at radius 1 is 1.17 bits per heavy atom. The number of benzene rings is 2. The SMILES string of the molecule is O=C1c2cc3ccccc3cc2OC2CCCN12. The lowest BCUT2D eigenvalue weighted by molar-refractivity contribution is 0.0295. The van der Waals surface area contributed by atoms with Gasteiger partial charge in [0, 0.05) is 13.0 Å². The van der Waals surface area contributed by atoms with Gasteiger partial charge in [0.1, 0.15) is 5.75 Å². The minimum Gasteiger partial charge on any atom is -0.470 e. The van der Waals surface area contributed by atoms with Crippen LogP contribution in [0.2, 0.25) is 0 Å². The van der Waals surface area contributed by atoms with Gasteiger partial charge in [-0.05, 0) is 29.3 Å². The van der Waals surface area contributed by atoms with Crippen molar-refractivity contribution >= 4 is 16.7 Å². The van der Waals surface area contributed by atoms with Gasteiger partial charge in [-0.25, -0.2) is 0 Å². The van der Waals surface area contributed by atoms with Crippen LogP contribution in [0.3, 0.4) is 0 Å². The van der Waals surface area contributed by atoms with E-state index in [4.69, 9.17) is 4.74 Å². The topological polar surface area (TPSA) is 29.5 Å². The molecule has 2 aromatic carbocycles. The van der Waals surface area contributed by atoms with E-state index >= 15 is 0 Å². The van der Waals surface area contributed by atoms with Gasteiger partial charge in [0.2, 0.25) is 0 Å². The van der Waals surface area contributed by atoms with Gasteiger partial charge in [0.05, 0.1) is 5.56 Å². The van der Waals surface area contributed by atoms with Crippen LogP contribution in [0.4, 0.5) is 0 Å². The Morgan fingerprint density at radius 3 is 2.78 bits per heavy atom. The number of hydrogen-bond acceptors (Lipinski definition) is 2. The van der Waals surface area contributed by atoms with Crippen molar-refractivity contribution in [2.24, 2.45) is 0 Å². The van der Waals surface area contributed by atoms with Crippen molar-refractivity contribution in [3.05, 3.63) is 42.0 Å². The second kappa shape index (κ2) is 3.48. The van der Waals surface area contributed by atoms with Crippen molar-refractivity contribution in [1.82, 2.24) is 4.90 Å². The molecule has 2 aromatic rings. The van der Waals surface area contributed by atoms with Gasteiger partial charge in [0.25, 0.3) is 5.91 Å². The highest BCUT2D eigenvalue weighted by Gasteiger charge is 2.36. The van der Waals surface area contributed by atoms with E-state index in [1.807, 2.05) is 41.3 Å². The molecule has 0 saturated carbocycles. The Labute approximate surface area is 105 Å². The van der Waals surface area contributed by atoms with E-state index < -0.39 is 0 Å². The molecule has 4 rings (SSSR count). The molecule has 1 saturated heterocycles. The predicted molar refractivity (Wildman–Crippen MR) is 68.6 cm³/mol. The molecule has 0 aliphatic carbocycles. The summed E-state index contributed by atoms with van der Waals surface area (Å²) >= 11 is 0. The van der Waals surface area contributed by atoms with Crippen molar-refractivity contribution < 1.29 is 9.53 Å². The second-order valence-corrected chi connectivity index (χ2v) is 4.91. The Balaban J connectivity index is 1.93. The van der Waals surface area contributed by atoms with Crippen LogP contribution in [-0.2, 0) is 0 Å². The number of carbonyl (C=O) groups is 1. The maximum absolute atomic E-state index is 12.4. The summed E-state index contributed by atoms with van der Waals surface area (Å²) in [6, 6.07) is 12.0.